The maximum atomic E-state index is 12.4. The van der Waals surface area contributed by atoms with Crippen molar-refractivity contribution in [2.24, 2.45) is 5.73 Å². The molecule has 0 aromatic heterocycles. The average Bonchev–Trinajstić information content (AvgIpc) is 2.37. The van der Waals surface area contributed by atoms with Gasteiger partial charge in [0.2, 0.25) is 0 Å². The number of hydrogen-bond acceptors (Lipinski definition) is 2. The monoisotopic (exact) mass is 345 g/mol. The third-order valence-electron chi connectivity index (χ3n) is 2.72. The summed E-state index contributed by atoms with van der Waals surface area (Å²) in [7, 11) is 0. The van der Waals surface area contributed by atoms with Crippen molar-refractivity contribution >= 4 is 15.9 Å². The van der Waals surface area contributed by atoms with E-state index in [1.807, 2.05) is 0 Å². The number of alkyl halides is 3. The Hall–Kier alpha value is -1.53. The van der Waals surface area contributed by atoms with Crippen LogP contribution in [0.25, 0.3) is 0 Å². The highest BCUT2D eigenvalue weighted by Crippen LogP contribution is 2.34. The van der Waals surface area contributed by atoms with Gasteiger partial charge in [-0.05, 0) is 17.7 Å². The first-order chi connectivity index (χ1) is 9.38. The number of benzene rings is 2. The molecule has 2 rings (SSSR count). The molecule has 0 aliphatic rings. The smallest absolute Gasteiger partial charge is 0.405 e. The van der Waals surface area contributed by atoms with Crippen molar-refractivity contribution in [3.63, 3.8) is 0 Å². The van der Waals surface area contributed by atoms with E-state index in [2.05, 4.69) is 20.7 Å². The minimum absolute atomic E-state index is 0.275. The van der Waals surface area contributed by atoms with E-state index in [1.165, 1.54) is 18.2 Å². The van der Waals surface area contributed by atoms with E-state index in [0.717, 1.165) is 4.47 Å². The molecular weight excluding hydrogens is 335 g/mol. The Kier molecular flexibility index (Phi) is 4.35. The van der Waals surface area contributed by atoms with Gasteiger partial charge in [0.15, 0.2) is 0 Å². The summed E-state index contributed by atoms with van der Waals surface area (Å²) in [5.41, 5.74) is 7.02. The van der Waals surface area contributed by atoms with Crippen LogP contribution in [0.5, 0.6) is 5.75 Å². The fourth-order valence-corrected chi connectivity index (χ4v) is 2.38. The molecule has 0 bridgehead atoms. The van der Waals surface area contributed by atoms with E-state index in [9.17, 15) is 13.2 Å². The van der Waals surface area contributed by atoms with Crippen molar-refractivity contribution in [3.8, 4) is 5.75 Å². The predicted molar refractivity (Wildman–Crippen MR) is 73.3 cm³/mol. The summed E-state index contributed by atoms with van der Waals surface area (Å²) in [6, 6.07) is 12.2. The summed E-state index contributed by atoms with van der Waals surface area (Å²) in [5.74, 6) is -0.289. The molecule has 0 saturated heterocycles. The summed E-state index contributed by atoms with van der Waals surface area (Å²) in [6.45, 7) is 0. The first kappa shape index (κ1) is 14.9. The lowest BCUT2D eigenvalue weighted by molar-refractivity contribution is -0.274. The van der Waals surface area contributed by atoms with Crippen LogP contribution in [-0.4, -0.2) is 6.36 Å². The molecule has 2 N–H and O–H groups in total. The third-order valence-corrected chi connectivity index (χ3v) is 3.44. The molecule has 1 unspecified atom stereocenters. The van der Waals surface area contributed by atoms with Crippen LogP contribution in [-0.2, 0) is 0 Å². The number of nitrogens with two attached hydrogens (primary N) is 1. The van der Waals surface area contributed by atoms with Crippen LogP contribution >= 0.6 is 15.9 Å². The Morgan fingerprint density at radius 2 is 1.50 bits per heavy atom. The number of ether oxygens (including phenoxy) is 1. The molecule has 0 saturated carbocycles. The molecule has 0 amide bonds. The second kappa shape index (κ2) is 5.85. The van der Waals surface area contributed by atoms with Crippen molar-refractivity contribution in [2.45, 2.75) is 12.4 Å². The van der Waals surface area contributed by atoms with Crippen LogP contribution < -0.4 is 10.5 Å². The van der Waals surface area contributed by atoms with Gasteiger partial charge in [-0.3, -0.25) is 0 Å². The van der Waals surface area contributed by atoms with Crippen LogP contribution in [0.4, 0.5) is 13.2 Å². The SMILES string of the molecule is NC(c1ccccc1Br)c1ccccc1OC(F)(F)F. The highest BCUT2D eigenvalue weighted by molar-refractivity contribution is 9.10. The second-order valence-corrected chi connectivity index (χ2v) is 4.94. The summed E-state index contributed by atoms with van der Waals surface area (Å²) in [5, 5.41) is 0. The molecule has 0 aliphatic heterocycles. The molecule has 106 valence electrons. The van der Waals surface area contributed by atoms with Gasteiger partial charge in [0.25, 0.3) is 0 Å². The van der Waals surface area contributed by atoms with Gasteiger partial charge in [-0.15, -0.1) is 13.2 Å². The van der Waals surface area contributed by atoms with E-state index in [1.54, 1.807) is 30.3 Å². The Morgan fingerprint density at radius 1 is 0.950 bits per heavy atom. The minimum atomic E-state index is -4.75. The highest BCUT2D eigenvalue weighted by Gasteiger charge is 2.32. The van der Waals surface area contributed by atoms with Crippen LogP contribution in [0.15, 0.2) is 53.0 Å². The summed E-state index contributed by atoms with van der Waals surface area (Å²) < 4.78 is 41.9. The van der Waals surface area contributed by atoms with Gasteiger partial charge in [0, 0.05) is 10.0 Å². The molecule has 1 atom stereocenters. The van der Waals surface area contributed by atoms with Crippen molar-refractivity contribution in [3.05, 3.63) is 64.1 Å². The van der Waals surface area contributed by atoms with E-state index >= 15 is 0 Å². The van der Waals surface area contributed by atoms with Crippen LogP contribution in [0.2, 0.25) is 0 Å². The Balaban J connectivity index is 2.40. The lowest BCUT2D eigenvalue weighted by atomic mass is 9.99. The lowest BCUT2D eigenvalue weighted by Gasteiger charge is -2.19. The molecule has 2 aromatic carbocycles. The van der Waals surface area contributed by atoms with Crippen LogP contribution in [0.1, 0.15) is 17.2 Å². The normalized spacial score (nSPS) is 13.1. The highest BCUT2D eigenvalue weighted by atomic mass is 79.9. The zero-order valence-corrected chi connectivity index (χ0v) is 11.8. The van der Waals surface area contributed by atoms with Gasteiger partial charge >= 0.3 is 6.36 Å². The molecule has 2 aromatic rings. The van der Waals surface area contributed by atoms with Gasteiger partial charge in [0.1, 0.15) is 5.75 Å². The van der Waals surface area contributed by atoms with Crippen molar-refractivity contribution < 1.29 is 17.9 Å². The summed E-state index contributed by atoms with van der Waals surface area (Å²) in [4.78, 5) is 0. The first-order valence-electron chi connectivity index (χ1n) is 5.73. The first-order valence-corrected chi connectivity index (χ1v) is 6.52. The standard InChI is InChI=1S/C14H11BrF3NO/c15-11-7-3-1-5-9(11)13(19)10-6-2-4-8-12(10)20-14(16,17)18/h1-8,13H,19H2. The van der Waals surface area contributed by atoms with E-state index in [0.29, 0.717) is 5.56 Å². The summed E-state index contributed by atoms with van der Waals surface area (Å²) in [6.07, 6.45) is -4.75. The molecule has 0 heterocycles. The van der Waals surface area contributed by atoms with Crippen LogP contribution in [0, 0.1) is 0 Å². The largest absolute Gasteiger partial charge is 0.573 e. The fourth-order valence-electron chi connectivity index (χ4n) is 1.85. The average molecular weight is 346 g/mol. The number of rotatable bonds is 3. The van der Waals surface area contributed by atoms with Crippen molar-refractivity contribution in [2.75, 3.05) is 0 Å². The molecule has 0 fully saturated rings. The van der Waals surface area contributed by atoms with Crippen molar-refractivity contribution in [1.29, 1.82) is 0 Å². The van der Waals surface area contributed by atoms with Gasteiger partial charge < -0.3 is 10.5 Å². The molecular formula is C14H11BrF3NO. The van der Waals surface area contributed by atoms with E-state index < -0.39 is 12.4 Å². The van der Waals surface area contributed by atoms with Crippen LogP contribution in [0.3, 0.4) is 0 Å². The van der Waals surface area contributed by atoms with Gasteiger partial charge in [-0.2, -0.15) is 0 Å². The molecule has 2 nitrogen and oxygen atoms in total. The fraction of sp³-hybridized carbons (Fsp3) is 0.143. The third kappa shape index (κ3) is 3.52. The molecule has 20 heavy (non-hydrogen) atoms. The topological polar surface area (TPSA) is 35.2 Å². The summed E-state index contributed by atoms with van der Waals surface area (Å²) >= 11 is 3.34. The number of hydrogen-bond donors (Lipinski definition) is 1. The van der Waals surface area contributed by atoms with E-state index in [-0.39, 0.29) is 11.3 Å². The molecule has 0 spiro atoms. The minimum Gasteiger partial charge on any atom is -0.405 e. The van der Waals surface area contributed by atoms with E-state index in [4.69, 9.17) is 5.73 Å². The number of para-hydroxylation sites is 1. The maximum Gasteiger partial charge on any atom is 0.573 e. The molecule has 0 aliphatic carbocycles. The zero-order chi connectivity index (χ0) is 14.8. The Morgan fingerprint density at radius 3 is 2.10 bits per heavy atom. The molecule has 6 heteroatoms. The Bertz CT molecular complexity index is 601. The molecule has 0 radical (unpaired) electrons. The quantitative estimate of drug-likeness (QED) is 0.894. The Labute approximate surface area is 122 Å². The van der Waals surface area contributed by atoms with Gasteiger partial charge in [-0.1, -0.05) is 52.3 Å². The predicted octanol–water partition coefficient (Wildman–Crippen LogP) is 4.40. The maximum absolute atomic E-state index is 12.4. The van der Waals surface area contributed by atoms with Gasteiger partial charge in [-0.25, -0.2) is 0 Å². The van der Waals surface area contributed by atoms with Crippen molar-refractivity contribution in [1.82, 2.24) is 0 Å². The lowest BCUT2D eigenvalue weighted by Crippen LogP contribution is -2.20. The zero-order valence-electron chi connectivity index (χ0n) is 10.2. The van der Waals surface area contributed by atoms with Gasteiger partial charge in [0.05, 0.1) is 6.04 Å². The number of halogens is 4. The second-order valence-electron chi connectivity index (χ2n) is 4.08.